The minimum atomic E-state index is -4.73. The van der Waals surface area contributed by atoms with Gasteiger partial charge in [-0.05, 0) is 24.3 Å². The fourth-order valence-electron chi connectivity index (χ4n) is 2.20. The number of amides is 1. The van der Waals surface area contributed by atoms with E-state index in [1.807, 2.05) is 0 Å². The largest absolute Gasteiger partial charge is 0.497 e. The number of nitrogens with one attached hydrogen (secondary N) is 1. The first-order valence-corrected chi connectivity index (χ1v) is 8.22. The SMILES string of the molecule is COc1cccc(OCCNC(=O)COc2ccc(C(F)(F)F)cc2[N+](=O)[O-])c1. The Kier molecular flexibility index (Phi) is 7.23. The molecule has 2 aromatic rings. The van der Waals surface area contributed by atoms with Crippen LogP contribution in [0.1, 0.15) is 5.56 Å². The Morgan fingerprint density at radius 3 is 2.52 bits per heavy atom. The highest BCUT2D eigenvalue weighted by atomic mass is 19.4. The lowest BCUT2D eigenvalue weighted by Crippen LogP contribution is -2.32. The molecule has 1 amide bonds. The topological polar surface area (TPSA) is 99.9 Å². The first kappa shape index (κ1) is 21.8. The molecule has 11 heteroatoms. The summed E-state index contributed by atoms with van der Waals surface area (Å²) in [6.07, 6.45) is -4.73. The Morgan fingerprint density at radius 2 is 1.86 bits per heavy atom. The van der Waals surface area contributed by atoms with Crippen LogP contribution in [-0.2, 0) is 11.0 Å². The predicted octanol–water partition coefficient (Wildman–Crippen LogP) is 3.20. The fraction of sp³-hybridized carbons (Fsp3) is 0.278. The average molecular weight is 414 g/mol. The third-order valence-electron chi connectivity index (χ3n) is 3.58. The summed E-state index contributed by atoms with van der Waals surface area (Å²) in [6, 6.07) is 8.65. The first-order valence-electron chi connectivity index (χ1n) is 8.22. The van der Waals surface area contributed by atoms with Gasteiger partial charge in [-0.15, -0.1) is 0 Å². The van der Waals surface area contributed by atoms with Crippen molar-refractivity contribution in [2.75, 3.05) is 26.9 Å². The standard InChI is InChI=1S/C18H17F3N2O6/c1-27-13-3-2-4-14(10-13)28-8-7-22-17(24)11-29-16-6-5-12(18(19,20)21)9-15(16)23(25)26/h2-6,9-10H,7-8,11H2,1H3,(H,22,24). The molecule has 2 aromatic carbocycles. The molecule has 156 valence electrons. The lowest BCUT2D eigenvalue weighted by molar-refractivity contribution is -0.386. The monoisotopic (exact) mass is 414 g/mol. The molecule has 0 spiro atoms. The zero-order valence-electron chi connectivity index (χ0n) is 15.2. The number of benzene rings is 2. The molecule has 0 radical (unpaired) electrons. The zero-order chi connectivity index (χ0) is 21.4. The number of hydrogen-bond donors (Lipinski definition) is 1. The third-order valence-corrected chi connectivity index (χ3v) is 3.58. The van der Waals surface area contributed by atoms with Crippen LogP contribution >= 0.6 is 0 Å². The summed E-state index contributed by atoms with van der Waals surface area (Å²) < 4.78 is 53.5. The normalized spacial score (nSPS) is 10.9. The fourth-order valence-corrected chi connectivity index (χ4v) is 2.20. The summed E-state index contributed by atoms with van der Waals surface area (Å²) >= 11 is 0. The molecule has 0 unspecified atom stereocenters. The van der Waals surface area contributed by atoms with Crippen LogP contribution in [0.4, 0.5) is 18.9 Å². The van der Waals surface area contributed by atoms with Gasteiger partial charge in [0.05, 0.1) is 24.1 Å². The second-order valence-corrected chi connectivity index (χ2v) is 5.60. The van der Waals surface area contributed by atoms with E-state index in [2.05, 4.69) is 5.32 Å². The van der Waals surface area contributed by atoms with Crippen molar-refractivity contribution in [3.63, 3.8) is 0 Å². The van der Waals surface area contributed by atoms with Gasteiger partial charge in [-0.1, -0.05) is 6.07 Å². The van der Waals surface area contributed by atoms with Crippen LogP contribution in [0.2, 0.25) is 0 Å². The molecule has 0 aliphatic rings. The Bertz CT molecular complexity index is 873. The van der Waals surface area contributed by atoms with Gasteiger partial charge in [0.1, 0.15) is 18.1 Å². The molecule has 0 aliphatic carbocycles. The number of methoxy groups -OCH3 is 1. The van der Waals surface area contributed by atoms with Gasteiger partial charge in [0.15, 0.2) is 12.4 Å². The highest BCUT2D eigenvalue weighted by Crippen LogP contribution is 2.35. The van der Waals surface area contributed by atoms with Gasteiger partial charge in [-0.2, -0.15) is 13.2 Å². The number of nitrogens with zero attached hydrogens (tertiary/aromatic N) is 1. The molecule has 1 N–H and O–H groups in total. The molecule has 8 nitrogen and oxygen atoms in total. The number of halogens is 3. The second-order valence-electron chi connectivity index (χ2n) is 5.60. The average Bonchev–Trinajstić information content (AvgIpc) is 2.68. The molecule has 0 saturated carbocycles. The molecule has 0 aromatic heterocycles. The van der Waals surface area contributed by atoms with Gasteiger partial charge < -0.3 is 19.5 Å². The number of rotatable bonds is 9. The van der Waals surface area contributed by atoms with Gasteiger partial charge in [0, 0.05) is 12.1 Å². The summed E-state index contributed by atoms with van der Waals surface area (Å²) in [6.45, 7) is -0.348. The maximum absolute atomic E-state index is 12.7. The molecule has 0 fully saturated rings. The summed E-state index contributed by atoms with van der Waals surface area (Å²) in [4.78, 5) is 21.7. The number of carbonyl (C=O) groups excluding carboxylic acids is 1. The van der Waals surface area contributed by atoms with Crippen molar-refractivity contribution in [3.8, 4) is 17.2 Å². The molecule has 0 atom stereocenters. The number of nitro benzene ring substituents is 1. The van der Waals surface area contributed by atoms with Gasteiger partial charge in [-0.25, -0.2) is 0 Å². The van der Waals surface area contributed by atoms with Crippen molar-refractivity contribution in [2.45, 2.75) is 6.18 Å². The molecule has 0 aliphatic heterocycles. The van der Waals surface area contributed by atoms with Crippen LogP contribution in [0.5, 0.6) is 17.2 Å². The summed E-state index contributed by atoms with van der Waals surface area (Å²) in [7, 11) is 1.51. The van der Waals surface area contributed by atoms with Crippen LogP contribution in [0, 0.1) is 10.1 Å². The minimum Gasteiger partial charge on any atom is -0.497 e. The molecule has 0 saturated heterocycles. The zero-order valence-corrected chi connectivity index (χ0v) is 15.2. The van der Waals surface area contributed by atoms with Crippen LogP contribution < -0.4 is 19.5 Å². The lowest BCUT2D eigenvalue weighted by Gasteiger charge is -2.11. The number of hydrogen-bond acceptors (Lipinski definition) is 6. The summed E-state index contributed by atoms with van der Waals surface area (Å²) in [5.74, 6) is 0.0903. The Hall–Kier alpha value is -3.50. The van der Waals surface area contributed by atoms with Gasteiger partial charge in [0.2, 0.25) is 0 Å². The highest BCUT2D eigenvalue weighted by molar-refractivity contribution is 5.77. The van der Waals surface area contributed by atoms with E-state index in [1.54, 1.807) is 24.3 Å². The van der Waals surface area contributed by atoms with Crippen LogP contribution in [0.25, 0.3) is 0 Å². The summed E-state index contributed by atoms with van der Waals surface area (Å²) in [5, 5.41) is 13.4. The van der Waals surface area contributed by atoms with E-state index in [0.717, 1.165) is 6.07 Å². The lowest BCUT2D eigenvalue weighted by atomic mass is 10.2. The minimum absolute atomic E-state index is 0.120. The second kappa shape index (κ2) is 9.62. The summed E-state index contributed by atoms with van der Waals surface area (Å²) in [5.41, 5.74) is -2.07. The molecule has 29 heavy (non-hydrogen) atoms. The predicted molar refractivity (Wildman–Crippen MR) is 95.1 cm³/mol. The van der Waals surface area contributed by atoms with E-state index in [4.69, 9.17) is 14.2 Å². The molecule has 0 heterocycles. The van der Waals surface area contributed by atoms with Gasteiger partial charge in [-0.3, -0.25) is 14.9 Å². The van der Waals surface area contributed by atoms with Crippen molar-refractivity contribution in [3.05, 3.63) is 58.1 Å². The smallest absolute Gasteiger partial charge is 0.416 e. The molecule has 2 rings (SSSR count). The number of alkyl halides is 3. The van der Waals surface area contributed by atoms with Crippen LogP contribution in [0.15, 0.2) is 42.5 Å². The van der Waals surface area contributed by atoms with Crippen LogP contribution in [-0.4, -0.2) is 37.7 Å². The van der Waals surface area contributed by atoms with E-state index in [0.29, 0.717) is 23.6 Å². The van der Waals surface area contributed by atoms with Gasteiger partial charge >= 0.3 is 11.9 Å². The molecule has 0 bridgehead atoms. The number of carbonyl (C=O) groups is 1. The first-order chi connectivity index (χ1) is 13.7. The van der Waals surface area contributed by atoms with E-state index >= 15 is 0 Å². The molecular weight excluding hydrogens is 397 g/mol. The van der Waals surface area contributed by atoms with Crippen LogP contribution in [0.3, 0.4) is 0 Å². The van der Waals surface area contributed by atoms with E-state index < -0.39 is 40.6 Å². The van der Waals surface area contributed by atoms with Crippen molar-refractivity contribution < 1.29 is 37.1 Å². The van der Waals surface area contributed by atoms with E-state index in [9.17, 15) is 28.1 Å². The van der Waals surface area contributed by atoms with Crippen molar-refractivity contribution >= 4 is 11.6 Å². The number of ether oxygens (including phenoxy) is 3. The van der Waals surface area contributed by atoms with Crippen molar-refractivity contribution in [2.24, 2.45) is 0 Å². The van der Waals surface area contributed by atoms with E-state index in [-0.39, 0.29) is 13.2 Å². The Labute approximate surface area is 163 Å². The number of nitro groups is 1. The maximum Gasteiger partial charge on any atom is 0.416 e. The van der Waals surface area contributed by atoms with Gasteiger partial charge in [0.25, 0.3) is 5.91 Å². The van der Waals surface area contributed by atoms with Crippen molar-refractivity contribution in [1.29, 1.82) is 0 Å². The Morgan fingerprint density at radius 1 is 1.14 bits per heavy atom. The van der Waals surface area contributed by atoms with E-state index in [1.165, 1.54) is 7.11 Å². The highest BCUT2D eigenvalue weighted by Gasteiger charge is 2.33. The Balaban J connectivity index is 1.83. The quantitative estimate of drug-likeness (QED) is 0.384. The van der Waals surface area contributed by atoms with Crippen molar-refractivity contribution in [1.82, 2.24) is 5.32 Å². The molecular formula is C18H17F3N2O6. The maximum atomic E-state index is 12.7. The third kappa shape index (κ3) is 6.55.